The molecule has 0 spiro atoms. The van der Waals surface area contributed by atoms with E-state index in [1.807, 2.05) is 48.7 Å². The SMILES string of the molecule is c1ccc(-c2nc(N3CCCC3c3ccccn3)c3ccccc3n2)nc1. The molecule has 3 aromatic heterocycles. The summed E-state index contributed by atoms with van der Waals surface area (Å²) in [5.74, 6) is 1.63. The molecular formula is C22H19N5. The minimum absolute atomic E-state index is 0.237. The van der Waals surface area contributed by atoms with E-state index in [0.717, 1.165) is 47.5 Å². The third-order valence-electron chi connectivity index (χ3n) is 5.03. The zero-order valence-electron chi connectivity index (χ0n) is 14.9. The fourth-order valence-corrected chi connectivity index (χ4v) is 3.79. The first-order chi connectivity index (χ1) is 13.4. The molecule has 5 nitrogen and oxygen atoms in total. The lowest BCUT2D eigenvalue weighted by atomic mass is 10.1. The normalized spacial score (nSPS) is 16.7. The molecule has 132 valence electrons. The minimum Gasteiger partial charge on any atom is -0.347 e. The summed E-state index contributed by atoms with van der Waals surface area (Å²) in [4.78, 5) is 21.1. The van der Waals surface area contributed by atoms with Crippen molar-refractivity contribution in [1.82, 2.24) is 19.9 Å². The van der Waals surface area contributed by atoms with Gasteiger partial charge in [-0.3, -0.25) is 9.97 Å². The van der Waals surface area contributed by atoms with Gasteiger partial charge in [0.15, 0.2) is 5.82 Å². The van der Waals surface area contributed by atoms with E-state index >= 15 is 0 Å². The summed E-state index contributed by atoms with van der Waals surface area (Å²) in [6, 6.07) is 20.4. The topological polar surface area (TPSA) is 54.8 Å². The molecule has 0 aliphatic carbocycles. The summed E-state index contributed by atoms with van der Waals surface area (Å²) in [7, 11) is 0. The Labute approximate surface area is 157 Å². The Morgan fingerprint density at radius 2 is 1.63 bits per heavy atom. The van der Waals surface area contributed by atoms with Crippen molar-refractivity contribution in [2.75, 3.05) is 11.4 Å². The largest absolute Gasteiger partial charge is 0.347 e. The van der Waals surface area contributed by atoms with Crippen LogP contribution in [0.4, 0.5) is 5.82 Å². The lowest BCUT2D eigenvalue weighted by Gasteiger charge is -2.26. The lowest BCUT2D eigenvalue weighted by molar-refractivity contribution is 0.689. The van der Waals surface area contributed by atoms with Gasteiger partial charge in [-0.15, -0.1) is 0 Å². The molecule has 1 atom stereocenters. The van der Waals surface area contributed by atoms with Gasteiger partial charge in [-0.1, -0.05) is 24.3 Å². The number of nitrogens with zero attached hydrogens (tertiary/aromatic N) is 5. The first-order valence-corrected chi connectivity index (χ1v) is 9.26. The van der Waals surface area contributed by atoms with Gasteiger partial charge < -0.3 is 4.90 Å². The average Bonchev–Trinajstić information content (AvgIpc) is 3.24. The Balaban J connectivity index is 1.67. The van der Waals surface area contributed by atoms with Crippen molar-refractivity contribution < 1.29 is 0 Å². The molecular weight excluding hydrogens is 334 g/mol. The first-order valence-electron chi connectivity index (χ1n) is 9.26. The van der Waals surface area contributed by atoms with Crippen molar-refractivity contribution in [2.24, 2.45) is 0 Å². The number of hydrogen-bond donors (Lipinski definition) is 0. The van der Waals surface area contributed by atoms with Crippen LogP contribution in [-0.2, 0) is 0 Å². The van der Waals surface area contributed by atoms with Gasteiger partial charge in [-0.05, 0) is 49.2 Å². The van der Waals surface area contributed by atoms with E-state index in [-0.39, 0.29) is 6.04 Å². The summed E-state index contributed by atoms with van der Waals surface area (Å²) in [5, 5.41) is 1.07. The van der Waals surface area contributed by atoms with Crippen LogP contribution in [0.25, 0.3) is 22.4 Å². The van der Waals surface area contributed by atoms with Crippen LogP contribution in [0.2, 0.25) is 0 Å². The van der Waals surface area contributed by atoms with Crippen molar-refractivity contribution >= 4 is 16.7 Å². The highest BCUT2D eigenvalue weighted by atomic mass is 15.2. The molecule has 1 aliphatic heterocycles. The molecule has 0 N–H and O–H groups in total. The summed E-state index contributed by atoms with van der Waals surface area (Å²) < 4.78 is 0. The van der Waals surface area contributed by atoms with Crippen molar-refractivity contribution in [1.29, 1.82) is 0 Å². The van der Waals surface area contributed by atoms with Crippen LogP contribution in [0.15, 0.2) is 73.1 Å². The van der Waals surface area contributed by atoms with Crippen LogP contribution < -0.4 is 4.90 Å². The van der Waals surface area contributed by atoms with Crippen molar-refractivity contribution in [3.63, 3.8) is 0 Å². The highest BCUT2D eigenvalue weighted by Gasteiger charge is 2.29. The molecule has 1 aliphatic rings. The number of benzene rings is 1. The first kappa shape index (κ1) is 15.9. The number of rotatable bonds is 3. The number of pyridine rings is 2. The fraction of sp³-hybridized carbons (Fsp3) is 0.182. The van der Waals surface area contributed by atoms with Crippen LogP contribution in [0.3, 0.4) is 0 Å². The van der Waals surface area contributed by atoms with E-state index in [2.05, 4.69) is 33.1 Å². The molecule has 4 heterocycles. The molecule has 5 heteroatoms. The third kappa shape index (κ3) is 2.91. The molecule has 1 unspecified atom stereocenters. The van der Waals surface area contributed by atoms with Gasteiger partial charge in [0.25, 0.3) is 0 Å². The standard InChI is InChI=1S/C22H19N5/c1-2-9-17-16(8-1)22(26-21(25-17)19-11-4-6-14-24-19)27-15-7-12-20(27)18-10-3-5-13-23-18/h1-6,8-11,13-14,20H,7,12,15H2. The molecule has 1 aromatic carbocycles. The molecule has 0 saturated carbocycles. The molecule has 0 amide bonds. The maximum atomic E-state index is 4.95. The monoisotopic (exact) mass is 353 g/mol. The van der Waals surface area contributed by atoms with Gasteiger partial charge >= 0.3 is 0 Å². The summed E-state index contributed by atoms with van der Waals surface area (Å²) in [6.45, 7) is 0.962. The van der Waals surface area contributed by atoms with Crippen molar-refractivity contribution in [3.05, 3.63) is 78.8 Å². The van der Waals surface area contributed by atoms with Gasteiger partial charge in [0.2, 0.25) is 0 Å². The maximum Gasteiger partial charge on any atom is 0.180 e. The Morgan fingerprint density at radius 3 is 2.44 bits per heavy atom. The quantitative estimate of drug-likeness (QED) is 0.545. The predicted molar refractivity (Wildman–Crippen MR) is 106 cm³/mol. The fourth-order valence-electron chi connectivity index (χ4n) is 3.79. The van der Waals surface area contributed by atoms with E-state index in [1.165, 1.54) is 0 Å². The van der Waals surface area contributed by atoms with Gasteiger partial charge in [0, 0.05) is 24.3 Å². The molecule has 4 aromatic rings. The number of para-hydroxylation sites is 1. The minimum atomic E-state index is 0.237. The van der Waals surface area contributed by atoms with Gasteiger partial charge in [-0.25, -0.2) is 9.97 Å². The van der Waals surface area contributed by atoms with Crippen LogP contribution in [-0.4, -0.2) is 26.5 Å². The Bertz CT molecular complexity index is 1070. The highest BCUT2D eigenvalue weighted by Crippen LogP contribution is 2.38. The second-order valence-electron chi connectivity index (χ2n) is 6.71. The van der Waals surface area contributed by atoms with E-state index in [4.69, 9.17) is 9.97 Å². The average molecular weight is 353 g/mol. The highest BCUT2D eigenvalue weighted by molar-refractivity contribution is 5.91. The third-order valence-corrected chi connectivity index (χ3v) is 5.03. The van der Waals surface area contributed by atoms with Crippen molar-refractivity contribution in [2.45, 2.75) is 18.9 Å². The van der Waals surface area contributed by atoms with Gasteiger partial charge in [-0.2, -0.15) is 0 Å². The summed E-state index contributed by atoms with van der Waals surface area (Å²) in [6.07, 6.45) is 5.84. The Morgan fingerprint density at radius 1 is 0.815 bits per heavy atom. The number of aromatic nitrogens is 4. The molecule has 0 radical (unpaired) electrons. The lowest BCUT2D eigenvalue weighted by Crippen LogP contribution is -2.25. The molecule has 1 fully saturated rings. The molecule has 0 bridgehead atoms. The number of anilines is 1. The van der Waals surface area contributed by atoms with Crippen LogP contribution in [0.1, 0.15) is 24.6 Å². The Kier molecular flexibility index (Phi) is 3.98. The van der Waals surface area contributed by atoms with E-state index in [0.29, 0.717) is 5.82 Å². The zero-order chi connectivity index (χ0) is 18.1. The smallest absolute Gasteiger partial charge is 0.180 e. The van der Waals surface area contributed by atoms with Crippen molar-refractivity contribution in [3.8, 4) is 11.5 Å². The van der Waals surface area contributed by atoms with Gasteiger partial charge in [0.1, 0.15) is 11.5 Å². The van der Waals surface area contributed by atoms with E-state index < -0.39 is 0 Å². The van der Waals surface area contributed by atoms with E-state index in [1.54, 1.807) is 6.20 Å². The summed E-state index contributed by atoms with van der Waals surface area (Å²) >= 11 is 0. The Hall–Kier alpha value is -3.34. The second-order valence-corrected chi connectivity index (χ2v) is 6.71. The summed E-state index contributed by atoms with van der Waals surface area (Å²) in [5.41, 5.74) is 2.82. The second kappa shape index (κ2) is 6.76. The van der Waals surface area contributed by atoms with Crippen LogP contribution in [0, 0.1) is 0 Å². The molecule has 27 heavy (non-hydrogen) atoms. The molecule has 1 saturated heterocycles. The zero-order valence-corrected chi connectivity index (χ0v) is 14.9. The van der Waals surface area contributed by atoms with Crippen LogP contribution in [0.5, 0.6) is 0 Å². The van der Waals surface area contributed by atoms with E-state index in [9.17, 15) is 0 Å². The number of fused-ring (bicyclic) bond motifs is 1. The number of hydrogen-bond acceptors (Lipinski definition) is 5. The van der Waals surface area contributed by atoms with Crippen LogP contribution >= 0.6 is 0 Å². The van der Waals surface area contributed by atoms with Gasteiger partial charge in [0.05, 0.1) is 17.3 Å². The molecule has 5 rings (SSSR count). The predicted octanol–water partition coefficient (Wildman–Crippen LogP) is 4.43. The maximum absolute atomic E-state index is 4.95.